The van der Waals surface area contributed by atoms with Gasteiger partial charge in [0.15, 0.2) is 0 Å². The highest BCUT2D eigenvalue weighted by Gasteiger charge is 1.94. The third-order valence-corrected chi connectivity index (χ3v) is 1.35. The van der Waals surface area contributed by atoms with Gasteiger partial charge in [0.1, 0.15) is 0 Å². The van der Waals surface area contributed by atoms with Gasteiger partial charge in [-0.15, -0.1) is 0 Å². The smallest absolute Gasteiger partial charge is 0.202 e. The molecule has 0 aliphatic rings. The second kappa shape index (κ2) is 2.85. The largest absolute Gasteiger partial charge is 0.329 e. The average Bonchev–Trinajstić information content (AvgIpc) is 2.18. The molecule has 0 bridgehead atoms. The van der Waals surface area contributed by atoms with E-state index in [4.69, 9.17) is 17.3 Å². The number of rotatable bonds is 2. The molecule has 0 fully saturated rings. The van der Waals surface area contributed by atoms with Gasteiger partial charge in [0.25, 0.3) is 0 Å². The van der Waals surface area contributed by atoms with Gasteiger partial charge in [0.2, 0.25) is 5.28 Å². The molecule has 0 aliphatic carbocycles. The van der Waals surface area contributed by atoms with Crippen molar-refractivity contribution in [2.24, 2.45) is 5.73 Å². The van der Waals surface area contributed by atoms with Crippen molar-refractivity contribution in [1.82, 2.24) is 9.55 Å². The molecule has 0 aromatic carbocycles. The predicted molar refractivity (Wildman–Crippen MR) is 36.3 cm³/mol. The van der Waals surface area contributed by atoms with Crippen LogP contribution in [0.1, 0.15) is 0 Å². The van der Waals surface area contributed by atoms with E-state index in [2.05, 4.69) is 4.98 Å². The van der Waals surface area contributed by atoms with E-state index in [-0.39, 0.29) is 0 Å². The molecule has 4 heteroatoms. The number of hydrogen-bond donors (Lipinski definition) is 1. The van der Waals surface area contributed by atoms with Gasteiger partial charge >= 0.3 is 0 Å². The molecule has 0 atom stereocenters. The van der Waals surface area contributed by atoms with Crippen LogP contribution in [0.3, 0.4) is 0 Å². The molecule has 0 saturated carbocycles. The van der Waals surface area contributed by atoms with Crippen molar-refractivity contribution in [2.75, 3.05) is 6.54 Å². The fourth-order valence-electron chi connectivity index (χ4n) is 0.617. The van der Waals surface area contributed by atoms with E-state index >= 15 is 0 Å². The Morgan fingerprint density at radius 3 is 3.00 bits per heavy atom. The van der Waals surface area contributed by atoms with Crippen molar-refractivity contribution < 1.29 is 0 Å². The standard InChI is InChI=1S/C5H8ClN3/c6-5-8-2-4-9(5)3-1-7/h2,4H,1,3,7H2. The lowest BCUT2D eigenvalue weighted by Gasteiger charge is -1.97. The van der Waals surface area contributed by atoms with Crippen molar-refractivity contribution in [1.29, 1.82) is 0 Å². The average molecular weight is 146 g/mol. The number of nitrogens with zero attached hydrogens (tertiary/aromatic N) is 2. The second-order valence-electron chi connectivity index (χ2n) is 1.68. The van der Waals surface area contributed by atoms with Crippen LogP contribution >= 0.6 is 11.6 Å². The molecule has 0 saturated heterocycles. The molecular weight excluding hydrogens is 138 g/mol. The Balaban J connectivity index is 2.69. The summed E-state index contributed by atoms with van der Waals surface area (Å²) in [7, 11) is 0. The fraction of sp³-hybridized carbons (Fsp3) is 0.400. The maximum absolute atomic E-state index is 5.61. The van der Waals surface area contributed by atoms with Gasteiger partial charge < -0.3 is 10.3 Å². The third kappa shape index (κ3) is 1.43. The first-order valence-electron chi connectivity index (χ1n) is 2.71. The third-order valence-electron chi connectivity index (χ3n) is 1.03. The van der Waals surface area contributed by atoms with Crippen LogP contribution in [-0.4, -0.2) is 16.1 Å². The zero-order chi connectivity index (χ0) is 6.69. The van der Waals surface area contributed by atoms with Crippen molar-refractivity contribution in [3.05, 3.63) is 17.7 Å². The van der Waals surface area contributed by atoms with Crippen molar-refractivity contribution in [2.45, 2.75) is 6.54 Å². The summed E-state index contributed by atoms with van der Waals surface area (Å²) in [5.41, 5.74) is 5.28. The van der Waals surface area contributed by atoms with Gasteiger partial charge in [-0.3, -0.25) is 0 Å². The molecule has 0 spiro atoms. The minimum atomic E-state index is 0.500. The topological polar surface area (TPSA) is 43.8 Å². The van der Waals surface area contributed by atoms with Crippen molar-refractivity contribution in [3.63, 3.8) is 0 Å². The first-order chi connectivity index (χ1) is 4.34. The summed E-state index contributed by atoms with van der Waals surface area (Å²) >= 11 is 5.61. The zero-order valence-corrected chi connectivity index (χ0v) is 5.67. The first-order valence-corrected chi connectivity index (χ1v) is 3.09. The molecule has 0 unspecified atom stereocenters. The Kier molecular flexibility index (Phi) is 2.08. The van der Waals surface area contributed by atoms with E-state index in [9.17, 15) is 0 Å². The first kappa shape index (κ1) is 6.58. The van der Waals surface area contributed by atoms with Crippen LogP contribution in [0.15, 0.2) is 12.4 Å². The van der Waals surface area contributed by atoms with Crippen LogP contribution in [0, 0.1) is 0 Å². The van der Waals surface area contributed by atoms with E-state index < -0.39 is 0 Å². The SMILES string of the molecule is NCCn1ccnc1Cl. The monoisotopic (exact) mass is 145 g/mol. The highest BCUT2D eigenvalue weighted by Crippen LogP contribution is 2.02. The summed E-state index contributed by atoms with van der Waals surface area (Å²) in [4.78, 5) is 3.81. The molecule has 9 heavy (non-hydrogen) atoms. The number of aromatic nitrogens is 2. The lowest BCUT2D eigenvalue weighted by Crippen LogP contribution is -2.08. The molecule has 1 aromatic heterocycles. The summed E-state index contributed by atoms with van der Waals surface area (Å²) in [6, 6.07) is 0. The Labute approximate surface area is 58.4 Å². The summed E-state index contributed by atoms with van der Waals surface area (Å²) in [5.74, 6) is 0. The minimum absolute atomic E-state index is 0.500. The Morgan fingerprint density at radius 1 is 1.78 bits per heavy atom. The number of halogens is 1. The highest BCUT2D eigenvalue weighted by atomic mass is 35.5. The van der Waals surface area contributed by atoms with Gasteiger partial charge in [-0.05, 0) is 11.6 Å². The predicted octanol–water partition coefficient (Wildman–Crippen LogP) is 0.495. The van der Waals surface area contributed by atoms with E-state index in [0.717, 1.165) is 6.54 Å². The molecule has 50 valence electrons. The van der Waals surface area contributed by atoms with Crippen molar-refractivity contribution in [3.8, 4) is 0 Å². The van der Waals surface area contributed by atoms with E-state index in [1.807, 2.05) is 0 Å². The molecule has 0 radical (unpaired) electrons. The van der Waals surface area contributed by atoms with E-state index in [1.165, 1.54) is 0 Å². The number of imidazole rings is 1. The maximum Gasteiger partial charge on any atom is 0.202 e. The molecule has 0 amide bonds. The number of nitrogens with two attached hydrogens (primary N) is 1. The Bertz CT molecular complexity index is 184. The molecule has 1 heterocycles. The Hall–Kier alpha value is -0.540. The Morgan fingerprint density at radius 2 is 2.56 bits per heavy atom. The lowest BCUT2D eigenvalue weighted by molar-refractivity contribution is 0.709. The van der Waals surface area contributed by atoms with E-state index in [1.54, 1.807) is 17.0 Å². The highest BCUT2D eigenvalue weighted by molar-refractivity contribution is 6.28. The van der Waals surface area contributed by atoms with Crippen LogP contribution in [0.25, 0.3) is 0 Å². The summed E-state index contributed by atoms with van der Waals surface area (Å²) in [6.45, 7) is 1.33. The summed E-state index contributed by atoms with van der Waals surface area (Å²) in [6.07, 6.45) is 3.45. The van der Waals surface area contributed by atoms with Crippen LogP contribution in [-0.2, 0) is 6.54 Å². The zero-order valence-electron chi connectivity index (χ0n) is 4.92. The minimum Gasteiger partial charge on any atom is -0.329 e. The van der Waals surface area contributed by atoms with Gasteiger partial charge in [0.05, 0.1) is 0 Å². The number of hydrogen-bond acceptors (Lipinski definition) is 2. The van der Waals surface area contributed by atoms with Gasteiger partial charge in [-0.2, -0.15) is 0 Å². The van der Waals surface area contributed by atoms with Crippen molar-refractivity contribution >= 4 is 11.6 Å². The molecule has 2 N–H and O–H groups in total. The summed E-state index contributed by atoms with van der Waals surface area (Å²) in [5, 5.41) is 0.500. The normalized spacial score (nSPS) is 10.0. The summed E-state index contributed by atoms with van der Waals surface area (Å²) < 4.78 is 1.79. The van der Waals surface area contributed by atoms with E-state index in [0.29, 0.717) is 11.8 Å². The second-order valence-corrected chi connectivity index (χ2v) is 2.02. The van der Waals surface area contributed by atoms with Crippen LogP contribution in [0.5, 0.6) is 0 Å². The lowest BCUT2D eigenvalue weighted by atomic mass is 10.6. The fourth-order valence-corrected chi connectivity index (χ4v) is 0.814. The quantitative estimate of drug-likeness (QED) is 0.659. The molecule has 1 rings (SSSR count). The van der Waals surface area contributed by atoms with Crippen LogP contribution < -0.4 is 5.73 Å². The van der Waals surface area contributed by atoms with Gasteiger partial charge in [-0.25, -0.2) is 4.98 Å². The maximum atomic E-state index is 5.61. The van der Waals surface area contributed by atoms with Gasteiger partial charge in [0, 0.05) is 25.5 Å². The van der Waals surface area contributed by atoms with Crippen LogP contribution in [0.4, 0.5) is 0 Å². The molecule has 3 nitrogen and oxygen atoms in total. The van der Waals surface area contributed by atoms with Gasteiger partial charge in [-0.1, -0.05) is 0 Å². The molecule has 0 aliphatic heterocycles. The molecular formula is C5H8ClN3. The van der Waals surface area contributed by atoms with Crippen LogP contribution in [0.2, 0.25) is 5.28 Å². The molecule has 1 aromatic rings.